The van der Waals surface area contributed by atoms with Crippen molar-refractivity contribution < 1.29 is 9.90 Å². The fraction of sp³-hybridized carbons (Fsp3) is 0.562. The predicted octanol–water partition coefficient (Wildman–Crippen LogP) is 3.40. The van der Waals surface area contributed by atoms with Crippen LogP contribution in [0.25, 0.3) is 0 Å². The van der Waals surface area contributed by atoms with Crippen LogP contribution < -0.4 is 5.32 Å². The molecule has 3 nitrogen and oxygen atoms in total. The quantitative estimate of drug-likeness (QED) is 0.798. The summed E-state index contributed by atoms with van der Waals surface area (Å²) in [6, 6.07) is 5.14. The molecule has 0 radical (unpaired) electrons. The van der Waals surface area contributed by atoms with Gasteiger partial charge >= 0.3 is 0 Å². The van der Waals surface area contributed by atoms with E-state index in [0.717, 1.165) is 17.9 Å². The van der Waals surface area contributed by atoms with E-state index in [1.807, 2.05) is 13.0 Å². The van der Waals surface area contributed by atoms with Crippen molar-refractivity contribution in [3.8, 4) is 5.75 Å². The number of hydrogen-bond acceptors (Lipinski definition) is 2. The van der Waals surface area contributed by atoms with Crippen molar-refractivity contribution >= 4 is 5.91 Å². The lowest BCUT2D eigenvalue weighted by Crippen LogP contribution is -2.24. The van der Waals surface area contributed by atoms with Gasteiger partial charge in [-0.05, 0) is 43.4 Å². The Bertz CT molecular complexity index is 436. The van der Waals surface area contributed by atoms with E-state index in [0.29, 0.717) is 12.1 Å². The smallest absolute Gasteiger partial charge is 0.255 e. The van der Waals surface area contributed by atoms with Gasteiger partial charge in [-0.2, -0.15) is 0 Å². The number of aryl methyl sites for hydroxylation is 1. The third-order valence-electron chi connectivity index (χ3n) is 3.95. The first-order chi connectivity index (χ1) is 9.16. The summed E-state index contributed by atoms with van der Waals surface area (Å²) in [7, 11) is 0. The first-order valence-corrected chi connectivity index (χ1v) is 7.24. The van der Waals surface area contributed by atoms with Gasteiger partial charge in [-0.3, -0.25) is 4.79 Å². The first-order valence-electron chi connectivity index (χ1n) is 7.24. The van der Waals surface area contributed by atoms with E-state index >= 15 is 0 Å². The molecule has 1 aromatic carbocycles. The van der Waals surface area contributed by atoms with Gasteiger partial charge in [0.25, 0.3) is 5.91 Å². The van der Waals surface area contributed by atoms with Crippen LogP contribution in [0.3, 0.4) is 0 Å². The largest absolute Gasteiger partial charge is 0.507 e. The van der Waals surface area contributed by atoms with Crippen LogP contribution >= 0.6 is 0 Å². The lowest BCUT2D eigenvalue weighted by molar-refractivity contribution is 0.0950. The highest BCUT2D eigenvalue weighted by Crippen LogP contribution is 2.28. The molecule has 1 amide bonds. The molecule has 0 heterocycles. The molecule has 1 saturated carbocycles. The maximum Gasteiger partial charge on any atom is 0.255 e. The highest BCUT2D eigenvalue weighted by Gasteiger charge is 2.15. The van der Waals surface area contributed by atoms with Crippen molar-refractivity contribution in [3.63, 3.8) is 0 Å². The number of carbonyl (C=O) groups is 1. The van der Waals surface area contributed by atoms with Gasteiger partial charge in [-0.1, -0.05) is 31.7 Å². The summed E-state index contributed by atoms with van der Waals surface area (Å²) in [6.07, 6.45) is 7.69. The molecule has 19 heavy (non-hydrogen) atoms. The van der Waals surface area contributed by atoms with E-state index in [-0.39, 0.29) is 11.7 Å². The molecular weight excluding hydrogens is 238 g/mol. The fourth-order valence-corrected chi connectivity index (χ4v) is 2.82. The van der Waals surface area contributed by atoms with Crippen LogP contribution in [0.2, 0.25) is 0 Å². The van der Waals surface area contributed by atoms with Crippen LogP contribution in [0.15, 0.2) is 18.2 Å². The molecule has 1 aliphatic carbocycles. The van der Waals surface area contributed by atoms with Crippen molar-refractivity contribution in [2.45, 2.75) is 45.4 Å². The Morgan fingerprint density at radius 1 is 1.37 bits per heavy atom. The number of amides is 1. The highest BCUT2D eigenvalue weighted by atomic mass is 16.3. The molecule has 1 aliphatic rings. The Morgan fingerprint density at radius 3 is 2.79 bits per heavy atom. The van der Waals surface area contributed by atoms with Gasteiger partial charge in [0.2, 0.25) is 0 Å². The number of phenolic OH excluding ortho intramolecular Hbond substituents is 1. The SMILES string of the molecule is Cc1ccc(C(=O)NCCCC2CCCC2)c(O)c1. The number of rotatable bonds is 5. The summed E-state index contributed by atoms with van der Waals surface area (Å²) in [4.78, 5) is 11.9. The summed E-state index contributed by atoms with van der Waals surface area (Å²) in [5.41, 5.74) is 1.32. The molecule has 0 atom stereocenters. The average molecular weight is 261 g/mol. The van der Waals surface area contributed by atoms with Crippen molar-refractivity contribution in [1.82, 2.24) is 5.32 Å². The molecular formula is C16H23NO2. The second-order valence-corrected chi connectivity index (χ2v) is 5.57. The second-order valence-electron chi connectivity index (χ2n) is 5.57. The Balaban J connectivity index is 1.74. The topological polar surface area (TPSA) is 49.3 Å². The number of hydrogen-bond donors (Lipinski definition) is 2. The Kier molecular flexibility index (Phi) is 4.83. The molecule has 0 spiro atoms. The molecule has 0 aromatic heterocycles. The zero-order valence-electron chi connectivity index (χ0n) is 11.6. The van der Waals surface area contributed by atoms with Crippen molar-refractivity contribution in [2.75, 3.05) is 6.54 Å². The summed E-state index contributed by atoms with van der Waals surface area (Å²) in [5.74, 6) is 0.752. The molecule has 3 heteroatoms. The number of nitrogens with one attached hydrogen (secondary N) is 1. The molecule has 0 unspecified atom stereocenters. The van der Waals surface area contributed by atoms with Gasteiger partial charge < -0.3 is 10.4 Å². The minimum Gasteiger partial charge on any atom is -0.507 e. The maximum absolute atomic E-state index is 11.9. The third kappa shape index (κ3) is 3.98. The number of carbonyl (C=O) groups excluding carboxylic acids is 1. The molecule has 104 valence electrons. The first kappa shape index (κ1) is 13.9. The van der Waals surface area contributed by atoms with E-state index in [1.54, 1.807) is 12.1 Å². The van der Waals surface area contributed by atoms with Gasteiger partial charge in [0.1, 0.15) is 5.75 Å². The zero-order valence-corrected chi connectivity index (χ0v) is 11.6. The third-order valence-corrected chi connectivity index (χ3v) is 3.95. The summed E-state index contributed by atoms with van der Waals surface area (Å²) < 4.78 is 0. The molecule has 2 rings (SSSR count). The van der Waals surface area contributed by atoms with Gasteiger partial charge in [0.05, 0.1) is 5.56 Å². The lowest BCUT2D eigenvalue weighted by atomic mass is 10.0. The molecule has 2 N–H and O–H groups in total. The molecule has 1 aromatic rings. The van der Waals surface area contributed by atoms with E-state index < -0.39 is 0 Å². The molecule has 0 saturated heterocycles. The van der Waals surface area contributed by atoms with Crippen LogP contribution in [-0.2, 0) is 0 Å². The minimum absolute atomic E-state index is 0.0632. The van der Waals surface area contributed by atoms with Crippen LogP contribution in [0.1, 0.15) is 54.4 Å². The average Bonchev–Trinajstić information content (AvgIpc) is 2.87. The van der Waals surface area contributed by atoms with Gasteiger partial charge in [-0.25, -0.2) is 0 Å². The Morgan fingerprint density at radius 2 is 2.11 bits per heavy atom. The van der Waals surface area contributed by atoms with E-state index in [1.165, 1.54) is 32.1 Å². The normalized spacial score (nSPS) is 15.6. The fourth-order valence-electron chi connectivity index (χ4n) is 2.82. The monoisotopic (exact) mass is 261 g/mol. The van der Waals surface area contributed by atoms with Crippen LogP contribution in [0.4, 0.5) is 0 Å². The minimum atomic E-state index is -0.177. The van der Waals surface area contributed by atoms with E-state index in [2.05, 4.69) is 5.32 Å². The van der Waals surface area contributed by atoms with Crippen LogP contribution in [-0.4, -0.2) is 17.6 Å². The van der Waals surface area contributed by atoms with E-state index in [9.17, 15) is 9.90 Å². The summed E-state index contributed by atoms with van der Waals surface area (Å²) >= 11 is 0. The van der Waals surface area contributed by atoms with Crippen molar-refractivity contribution in [3.05, 3.63) is 29.3 Å². The Hall–Kier alpha value is -1.51. The summed E-state index contributed by atoms with van der Waals surface area (Å²) in [6.45, 7) is 2.59. The predicted molar refractivity (Wildman–Crippen MR) is 76.4 cm³/mol. The molecule has 0 aliphatic heterocycles. The van der Waals surface area contributed by atoms with Crippen LogP contribution in [0, 0.1) is 12.8 Å². The number of benzene rings is 1. The second kappa shape index (κ2) is 6.60. The van der Waals surface area contributed by atoms with Crippen molar-refractivity contribution in [1.29, 1.82) is 0 Å². The van der Waals surface area contributed by atoms with E-state index in [4.69, 9.17) is 0 Å². The molecule has 1 fully saturated rings. The van der Waals surface area contributed by atoms with Gasteiger partial charge in [0.15, 0.2) is 0 Å². The molecule has 0 bridgehead atoms. The standard InChI is InChI=1S/C16H23NO2/c1-12-8-9-14(15(18)11-12)16(19)17-10-4-7-13-5-2-3-6-13/h8-9,11,13,18H,2-7,10H2,1H3,(H,17,19). The number of phenols is 1. The van der Waals surface area contributed by atoms with Crippen LogP contribution in [0.5, 0.6) is 5.75 Å². The maximum atomic E-state index is 11.9. The van der Waals surface area contributed by atoms with Crippen molar-refractivity contribution in [2.24, 2.45) is 5.92 Å². The number of aromatic hydroxyl groups is 1. The zero-order chi connectivity index (χ0) is 13.7. The summed E-state index contributed by atoms with van der Waals surface area (Å²) in [5, 5.41) is 12.6. The van der Waals surface area contributed by atoms with Gasteiger partial charge in [0, 0.05) is 6.54 Å². The lowest BCUT2D eigenvalue weighted by Gasteiger charge is -2.10. The highest BCUT2D eigenvalue weighted by molar-refractivity contribution is 5.96. The van der Waals surface area contributed by atoms with Gasteiger partial charge in [-0.15, -0.1) is 0 Å². The Labute approximate surface area is 115 Å².